The number of nitrogens with zero attached hydrogens (tertiary/aromatic N) is 1. The second-order valence-corrected chi connectivity index (χ2v) is 7.27. The maximum atomic E-state index is 14.6. The quantitative estimate of drug-likeness (QED) is 0.124. The highest BCUT2D eigenvalue weighted by molar-refractivity contribution is 5.49. The Hall–Kier alpha value is -2.54. The van der Waals surface area contributed by atoms with Crippen molar-refractivity contribution < 1.29 is 23.1 Å². The Labute approximate surface area is 183 Å². The van der Waals surface area contributed by atoms with Crippen LogP contribution in [0.25, 0.3) is 0 Å². The number of nitrogens with one attached hydrogen (secondary N) is 1. The van der Waals surface area contributed by atoms with Crippen LogP contribution in [-0.2, 0) is 4.84 Å². The lowest BCUT2D eigenvalue weighted by Gasteiger charge is -2.19. The maximum Gasteiger partial charge on any atom is 0.196 e. The molecule has 0 saturated heterocycles. The molecule has 0 saturated carbocycles. The number of hydrogen-bond acceptors (Lipinski definition) is 4. The molecule has 0 spiro atoms. The van der Waals surface area contributed by atoms with Crippen LogP contribution < -0.4 is 5.48 Å². The molecular formula is C24H33F3N2O2. The third-order valence-electron chi connectivity index (χ3n) is 4.71. The van der Waals surface area contributed by atoms with E-state index in [9.17, 15) is 18.3 Å². The summed E-state index contributed by atoms with van der Waals surface area (Å²) in [6.07, 6.45) is 11.8. The third-order valence-corrected chi connectivity index (χ3v) is 4.71. The van der Waals surface area contributed by atoms with Gasteiger partial charge in [0.15, 0.2) is 6.40 Å². The molecule has 7 heteroatoms. The number of halogens is 3. The summed E-state index contributed by atoms with van der Waals surface area (Å²) in [5.74, 6) is -1.55. The molecule has 0 aromatic rings. The van der Waals surface area contributed by atoms with Gasteiger partial charge in [-0.1, -0.05) is 24.3 Å². The van der Waals surface area contributed by atoms with E-state index >= 15 is 0 Å². The van der Waals surface area contributed by atoms with E-state index in [0.29, 0.717) is 24.8 Å². The number of hydrogen-bond donors (Lipinski definition) is 2. The molecule has 1 rings (SSSR count). The molecule has 31 heavy (non-hydrogen) atoms. The molecule has 1 aliphatic rings. The summed E-state index contributed by atoms with van der Waals surface area (Å²) in [5, 5.41) is 9.33. The average molecular weight is 439 g/mol. The summed E-state index contributed by atoms with van der Waals surface area (Å²) in [5.41, 5.74) is 4.14. The Morgan fingerprint density at radius 3 is 2.71 bits per heavy atom. The van der Waals surface area contributed by atoms with Crippen molar-refractivity contribution in [2.75, 3.05) is 6.54 Å². The first kappa shape index (κ1) is 26.5. The van der Waals surface area contributed by atoms with Crippen molar-refractivity contribution >= 4 is 6.40 Å². The number of hydroxylamine groups is 1. The highest BCUT2D eigenvalue weighted by Gasteiger charge is 2.19. The number of aliphatic imine (C=N–C) groups is 1. The fraction of sp³-hybridized carbons (Fsp3) is 0.458. The molecule has 0 aliphatic heterocycles. The van der Waals surface area contributed by atoms with Crippen molar-refractivity contribution in [1.29, 1.82) is 0 Å². The zero-order chi connectivity index (χ0) is 23.2. The van der Waals surface area contributed by atoms with Gasteiger partial charge < -0.3 is 9.94 Å². The number of rotatable bonds is 11. The number of aliphatic hydroxyl groups is 1. The predicted octanol–water partition coefficient (Wildman–Crippen LogP) is 6.68. The highest BCUT2D eigenvalue weighted by Crippen LogP contribution is 2.34. The van der Waals surface area contributed by atoms with Gasteiger partial charge in [-0.25, -0.2) is 13.2 Å². The summed E-state index contributed by atoms with van der Waals surface area (Å²) in [4.78, 5) is 9.10. The molecule has 0 amide bonds. The van der Waals surface area contributed by atoms with E-state index in [4.69, 9.17) is 4.84 Å². The SMILES string of the molecule is C/C=C1/CCC=C(F)/C1=C\C(/C=C/O)C(=C/C/N=C/ONC(C)CC(C)F)/C(F)=C\C. The minimum Gasteiger partial charge on any atom is -0.516 e. The molecule has 2 N–H and O–H groups in total. The van der Waals surface area contributed by atoms with E-state index in [-0.39, 0.29) is 24.0 Å². The first-order valence-electron chi connectivity index (χ1n) is 10.4. The Morgan fingerprint density at radius 1 is 1.35 bits per heavy atom. The molecule has 0 heterocycles. The molecule has 4 nitrogen and oxygen atoms in total. The van der Waals surface area contributed by atoms with Gasteiger partial charge in [-0.2, -0.15) is 5.48 Å². The molecule has 0 aromatic heterocycles. The van der Waals surface area contributed by atoms with Crippen molar-refractivity contribution in [3.8, 4) is 0 Å². The van der Waals surface area contributed by atoms with E-state index in [0.717, 1.165) is 18.2 Å². The van der Waals surface area contributed by atoms with Crippen LogP contribution in [0.1, 0.15) is 47.0 Å². The number of aliphatic hydroxyl groups excluding tert-OH is 1. The van der Waals surface area contributed by atoms with Gasteiger partial charge in [-0.3, -0.25) is 4.99 Å². The fourth-order valence-electron chi connectivity index (χ4n) is 3.23. The van der Waals surface area contributed by atoms with Crippen molar-refractivity contribution in [2.24, 2.45) is 10.9 Å². The van der Waals surface area contributed by atoms with Crippen molar-refractivity contribution in [3.63, 3.8) is 0 Å². The van der Waals surface area contributed by atoms with Gasteiger partial charge in [0.05, 0.1) is 19.0 Å². The fourth-order valence-corrected chi connectivity index (χ4v) is 3.23. The van der Waals surface area contributed by atoms with E-state index in [1.165, 1.54) is 25.2 Å². The summed E-state index contributed by atoms with van der Waals surface area (Å²) in [6, 6.07) is -0.192. The van der Waals surface area contributed by atoms with Gasteiger partial charge in [0.2, 0.25) is 0 Å². The number of alkyl halides is 1. The lowest BCUT2D eigenvalue weighted by atomic mass is 9.88. The van der Waals surface area contributed by atoms with Gasteiger partial charge in [0, 0.05) is 17.5 Å². The minimum atomic E-state index is -0.949. The van der Waals surface area contributed by atoms with Crippen LogP contribution in [-0.4, -0.2) is 30.3 Å². The minimum absolute atomic E-state index is 0.0971. The molecule has 0 fully saturated rings. The zero-order valence-electron chi connectivity index (χ0n) is 18.6. The Morgan fingerprint density at radius 2 is 2.10 bits per heavy atom. The normalized spacial score (nSPS) is 21.7. The van der Waals surface area contributed by atoms with Crippen LogP contribution >= 0.6 is 0 Å². The van der Waals surface area contributed by atoms with Crippen LogP contribution in [0.2, 0.25) is 0 Å². The van der Waals surface area contributed by atoms with Gasteiger partial charge >= 0.3 is 0 Å². The second-order valence-electron chi connectivity index (χ2n) is 7.27. The van der Waals surface area contributed by atoms with Crippen molar-refractivity contribution in [1.82, 2.24) is 5.48 Å². The topological polar surface area (TPSA) is 53.9 Å². The summed E-state index contributed by atoms with van der Waals surface area (Å²) >= 11 is 0. The standard InChI is InChI=1S/C24H33F3N2O2/c1-5-19-8-7-9-24(27)22(19)15-20(11-13-30)21(23(26)6-2)10-12-28-16-31-29-18(4)14-17(3)25/h5-6,9-11,13,15-18,20,29-30H,7-8,12,14H2,1-4H3/b13-11+,19-5-,21-10-,22-15-,23-6+,28-16+. The first-order valence-corrected chi connectivity index (χ1v) is 10.4. The van der Waals surface area contributed by atoms with E-state index < -0.39 is 17.9 Å². The zero-order valence-corrected chi connectivity index (χ0v) is 18.6. The van der Waals surface area contributed by atoms with Crippen molar-refractivity contribution in [2.45, 2.75) is 59.2 Å². The summed E-state index contributed by atoms with van der Waals surface area (Å²) in [6.45, 7) is 6.73. The average Bonchev–Trinajstić information content (AvgIpc) is 2.73. The van der Waals surface area contributed by atoms with Crippen molar-refractivity contribution in [3.05, 3.63) is 71.1 Å². The smallest absolute Gasteiger partial charge is 0.196 e. The molecular weight excluding hydrogens is 405 g/mol. The second kappa shape index (κ2) is 14.5. The lowest BCUT2D eigenvalue weighted by Crippen LogP contribution is -2.28. The lowest BCUT2D eigenvalue weighted by molar-refractivity contribution is 0.138. The summed E-state index contributed by atoms with van der Waals surface area (Å²) in [7, 11) is 0. The van der Waals surface area contributed by atoms with Crippen LogP contribution in [0.3, 0.4) is 0 Å². The van der Waals surface area contributed by atoms with Gasteiger partial charge in [-0.05, 0) is 70.3 Å². The van der Waals surface area contributed by atoms with Gasteiger partial charge in [-0.15, -0.1) is 0 Å². The molecule has 3 unspecified atom stereocenters. The molecule has 0 bridgehead atoms. The van der Waals surface area contributed by atoms with Gasteiger partial charge in [0.25, 0.3) is 0 Å². The van der Waals surface area contributed by atoms with Crippen LogP contribution in [0.5, 0.6) is 0 Å². The van der Waals surface area contributed by atoms with E-state index in [1.807, 2.05) is 13.0 Å². The maximum absolute atomic E-state index is 14.6. The Bertz CT molecular complexity index is 778. The first-order chi connectivity index (χ1) is 14.8. The molecule has 0 radical (unpaired) electrons. The van der Waals surface area contributed by atoms with E-state index in [1.54, 1.807) is 26.0 Å². The number of allylic oxidation sites excluding steroid dienone is 10. The van der Waals surface area contributed by atoms with Gasteiger partial charge in [0.1, 0.15) is 11.7 Å². The molecule has 3 atom stereocenters. The van der Waals surface area contributed by atoms with E-state index in [2.05, 4.69) is 10.5 Å². The monoisotopic (exact) mass is 438 g/mol. The predicted molar refractivity (Wildman–Crippen MR) is 121 cm³/mol. The Balaban J connectivity index is 3.01. The summed E-state index contributed by atoms with van der Waals surface area (Å²) < 4.78 is 42.0. The molecule has 1 aliphatic carbocycles. The van der Waals surface area contributed by atoms with Crippen LogP contribution in [0.4, 0.5) is 13.2 Å². The largest absolute Gasteiger partial charge is 0.516 e. The molecule has 0 aromatic carbocycles. The third kappa shape index (κ3) is 9.42. The highest BCUT2D eigenvalue weighted by atomic mass is 19.1. The van der Waals surface area contributed by atoms with Crippen LogP contribution in [0.15, 0.2) is 76.1 Å². The Kier molecular flexibility index (Phi) is 12.4. The van der Waals surface area contributed by atoms with Crippen LogP contribution in [0, 0.1) is 5.92 Å². The molecule has 172 valence electrons.